The Morgan fingerprint density at radius 1 is 0.884 bits per heavy atom. The molecule has 0 saturated heterocycles. The standard InChI is InChI=1S/C21H12O6.C12H26N2O2/c22-10-11-1-4-14-17(7-11)21(27-20(14)25)15-5-2-12(23)8-18(15)26-19-9-13(24)3-6-16(19)21;1-12(2,3)16-11(15)14-10-8-6-5-7-9-13-4/h1-10,23-24H;13H,5-10H2,1-4H3,(H,14,15). The minimum absolute atomic E-state index is 0.0151. The van der Waals surface area contributed by atoms with Crippen LogP contribution in [-0.2, 0) is 15.1 Å². The van der Waals surface area contributed by atoms with Gasteiger partial charge in [-0.2, -0.15) is 0 Å². The second kappa shape index (κ2) is 13.2. The van der Waals surface area contributed by atoms with E-state index in [-0.39, 0.29) is 17.6 Å². The van der Waals surface area contributed by atoms with Crippen LogP contribution >= 0.6 is 0 Å². The predicted molar refractivity (Wildman–Crippen MR) is 160 cm³/mol. The molecule has 10 nitrogen and oxygen atoms in total. The van der Waals surface area contributed by atoms with E-state index in [9.17, 15) is 24.6 Å². The number of hydrogen-bond acceptors (Lipinski definition) is 9. The lowest BCUT2D eigenvalue weighted by Crippen LogP contribution is -2.33. The second-order valence-electron chi connectivity index (χ2n) is 11.4. The predicted octanol–water partition coefficient (Wildman–Crippen LogP) is 5.77. The molecule has 0 atom stereocenters. The third kappa shape index (κ3) is 7.09. The molecule has 0 aromatic heterocycles. The largest absolute Gasteiger partial charge is 0.508 e. The van der Waals surface area contributed by atoms with Gasteiger partial charge in [-0.3, -0.25) is 4.79 Å². The molecule has 3 aromatic rings. The summed E-state index contributed by atoms with van der Waals surface area (Å²) in [5.41, 5.74) is 0.563. The number of carbonyl (C=O) groups excluding carboxylic acids is 3. The lowest BCUT2D eigenvalue weighted by atomic mass is 9.77. The molecule has 0 radical (unpaired) electrons. The molecule has 0 fully saturated rings. The van der Waals surface area contributed by atoms with Crippen molar-refractivity contribution in [2.45, 2.75) is 57.7 Å². The summed E-state index contributed by atoms with van der Waals surface area (Å²) in [6, 6.07) is 13.8. The van der Waals surface area contributed by atoms with E-state index in [1.807, 2.05) is 27.8 Å². The van der Waals surface area contributed by atoms with Gasteiger partial charge >= 0.3 is 12.1 Å². The average Bonchev–Trinajstić information content (AvgIpc) is 3.23. The van der Waals surface area contributed by atoms with Gasteiger partial charge in [0, 0.05) is 40.9 Å². The molecule has 43 heavy (non-hydrogen) atoms. The van der Waals surface area contributed by atoms with E-state index in [0.29, 0.717) is 52.1 Å². The van der Waals surface area contributed by atoms with Crippen molar-refractivity contribution in [2.75, 3.05) is 20.1 Å². The summed E-state index contributed by atoms with van der Waals surface area (Å²) in [6.07, 6.45) is 4.95. The highest BCUT2D eigenvalue weighted by Crippen LogP contribution is 2.57. The number of alkyl carbamates (subject to hydrolysis) is 1. The lowest BCUT2D eigenvalue weighted by molar-refractivity contribution is 0.0223. The molecule has 0 aliphatic carbocycles. The van der Waals surface area contributed by atoms with Crippen molar-refractivity contribution in [1.82, 2.24) is 10.6 Å². The van der Waals surface area contributed by atoms with E-state index in [1.165, 1.54) is 37.1 Å². The molecule has 2 heterocycles. The monoisotopic (exact) mass is 590 g/mol. The molecular weight excluding hydrogens is 552 g/mol. The molecule has 0 saturated carbocycles. The highest BCUT2D eigenvalue weighted by Gasteiger charge is 2.53. The number of ether oxygens (including phenoxy) is 3. The Kier molecular flexibility index (Phi) is 9.60. The first-order valence-electron chi connectivity index (χ1n) is 14.3. The maximum absolute atomic E-state index is 12.6. The van der Waals surface area contributed by atoms with Crippen LogP contribution in [0.25, 0.3) is 0 Å². The number of hydrogen-bond donors (Lipinski definition) is 4. The van der Waals surface area contributed by atoms with Gasteiger partial charge < -0.3 is 35.1 Å². The fourth-order valence-electron chi connectivity index (χ4n) is 5.07. The van der Waals surface area contributed by atoms with Crippen LogP contribution in [0.3, 0.4) is 0 Å². The number of aldehydes is 1. The molecule has 0 unspecified atom stereocenters. The van der Waals surface area contributed by atoms with Crippen LogP contribution in [0.2, 0.25) is 0 Å². The van der Waals surface area contributed by atoms with Gasteiger partial charge in [0.15, 0.2) is 5.60 Å². The summed E-state index contributed by atoms with van der Waals surface area (Å²) in [6.45, 7) is 7.37. The summed E-state index contributed by atoms with van der Waals surface area (Å²) in [5.74, 6) is 0.0373. The normalized spacial score (nSPS) is 13.8. The zero-order valence-corrected chi connectivity index (χ0v) is 24.9. The van der Waals surface area contributed by atoms with Crippen LogP contribution in [0.5, 0.6) is 23.0 Å². The van der Waals surface area contributed by atoms with Crippen molar-refractivity contribution >= 4 is 18.3 Å². The molecule has 5 rings (SSSR count). The number of amides is 1. The second-order valence-corrected chi connectivity index (χ2v) is 11.4. The van der Waals surface area contributed by atoms with Gasteiger partial charge in [-0.1, -0.05) is 18.9 Å². The summed E-state index contributed by atoms with van der Waals surface area (Å²) < 4.78 is 16.9. The number of nitrogens with one attached hydrogen (secondary N) is 2. The third-order valence-electron chi connectivity index (χ3n) is 6.96. The zero-order chi connectivity index (χ0) is 31.2. The van der Waals surface area contributed by atoms with Crippen LogP contribution in [0.4, 0.5) is 4.79 Å². The topological polar surface area (TPSA) is 143 Å². The van der Waals surface area contributed by atoms with Gasteiger partial charge in [-0.15, -0.1) is 0 Å². The first-order chi connectivity index (χ1) is 20.5. The number of aromatic hydroxyl groups is 2. The number of phenolic OH excluding ortho intramolecular Hbond substituents is 2. The van der Waals surface area contributed by atoms with Crippen LogP contribution in [0, 0.1) is 0 Å². The molecular formula is C33H38N2O8. The highest BCUT2D eigenvalue weighted by atomic mass is 16.6. The van der Waals surface area contributed by atoms with E-state index in [0.717, 1.165) is 19.4 Å². The van der Waals surface area contributed by atoms with Crippen LogP contribution in [0.15, 0.2) is 54.6 Å². The lowest BCUT2D eigenvalue weighted by Gasteiger charge is -2.36. The number of carbonyl (C=O) groups is 3. The third-order valence-corrected chi connectivity index (χ3v) is 6.96. The highest BCUT2D eigenvalue weighted by molar-refractivity contribution is 5.98. The zero-order valence-electron chi connectivity index (χ0n) is 24.9. The molecule has 228 valence electrons. The van der Waals surface area contributed by atoms with Gasteiger partial charge in [0.25, 0.3) is 0 Å². The van der Waals surface area contributed by atoms with Crippen LogP contribution in [0.1, 0.15) is 83.9 Å². The number of unbranched alkanes of at least 4 members (excludes halogenated alkanes) is 3. The van der Waals surface area contributed by atoms with Gasteiger partial charge in [0.05, 0.1) is 5.56 Å². The minimum Gasteiger partial charge on any atom is -0.508 e. The SMILES string of the molecule is CNCCCCCCNC(=O)OC(C)(C)C.O=Cc1ccc2c(c1)C1(OC2=O)c2ccc(O)cc2Oc2cc(O)ccc21. The Balaban J connectivity index is 0.000000229. The van der Waals surface area contributed by atoms with Crippen molar-refractivity contribution in [1.29, 1.82) is 0 Å². The summed E-state index contributed by atoms with van der Waals surface area (Å²) in [5, 5.41) is 25.6. The fraction of sp³-hybridized carbons (Fsp3) is 0.364. The Hall–Kier alpha value is -4.57. The van der Waals surface area contributed by atoms with Gasteiger partial charge in [0.2, 0.25) is 0 Å². The van der Waals surface area contributed by atoms with Crippen LogP contribution < -0.4 is 15.4 Å². The molecule has 0 bridgehead atoms. The molecule has 2 aliphatic rings. The summed E-state index contributed by atoms with van der Waals surface area (Å²) in [4.78, 5) is 35.2. The van der Waals surface area contributed by atoms with E-state index >= 15 is 0 Å². The molecule has 1 spiro atoms. The number of benzene rings is 3. The van der Waals surface area contributed by atoms with E-state index < -0.39 is 17.2 Å². The summed E-state index contributed by atoms with van der Waals surface area (Å²) >= 11 is 0. The molecule has 4 N–H and O–H groups in total. The Morgan fingerprint density at radius 2 is 1.49 bits per heavy atom. The quantitative estimate of drug-likeness (QED) is 0.146. The first kappa shape index (κ1) is 31.4. The molecule has 2 aliphatic heterocycles. The first-order valence-corrected chi connectivity index (χ1v) is 14.3. The van der Waals surface area contributed by atoms with Crippen molar-refractivity contribution in [3.8, 4) is 23.0 Å². The van der Waals surface area contributed by atoms with Gasteiger partial charge in [-0.25, -0.2) is 9.59 Å². The smallest absolute Gasteiger partial charge is 0.407 e. The number of esters is 1. The van der Waals surface area contributed by atoms with Crippen molar-refractivity contribution in [2.24, 2.45) is 0 Å². The maximum Gasteiger partial charge on any atom is 0.407 e. The van der Waals surface area contributed by atoms with Gasteiger partial charge in [0.1, 0.15) is 34.9 Å². The average molecular weight is 591 g/mol. The number of fused-ring (bicyclic) bond motifs is 6. The molecule has 3 aromatic carbocycles. The number of rotatable bonds is 8. The fourth-order valence-corrected chi connectivity index (χ4v) is 5.07. The van der Waals surface area contributed by atoms with Crippen LogP contribution in [-0.4, -0.2) is 54.3 Å². The Morgan fingerprint density at radius 3 is 2.05 bits per heavy atom. The van der Waals surface area contributed by atoms with Crippen molar-refractivity contribution in [3.63, 3.8) is 0 Å². The van der Waals surface area contributed by atoms with E-state index in [4.69, 9.17) is 14.2 Å². The minimum atomic E-state index is -1.34. The molecule has 10 heteroatoms. The van der Waals surface area contributed by atoms with E-state index in [1.54, 1.807) is 30.3 Å². The summed E-state index contributed by atoms with van der Waals surface area (Å²) in [7, 11) is 1.96. The Bertz CT molecular complexity index is 1440. The molecule has 1 amide bonds. The van der Waals surface area contributed by atoms with Crippen molar-refractivity contribution < 1.29 is 38.8 Å². The van der Waals surface area contributed by atoms with Crippen molar-refractivity contribution in [3.05, 3.63) is 82.4 Å². The maximum atomic E-state index is 12.6. The van der Waals surface area contributed by atoms with Gasteiger partial charge in [-0.05, 0) is 83.6 Å². The Labute approximate surface area is 251 Å². The number of phenols is 2. The van der Waals surface area contributed by atoms with E-state index in [2.05, 4.69) is 10.6 Å².